The molecule has 0 radical (unpaired) electrons. The summed E-state index contributed by atoms with van der Waals surface area (Å²) < 4.78 is 6.80. The highest BCUT2D eigenvalue weighted by atomic mass is 79.9. The third-order valence-corrected chi connectivity index (χ3v) is 5.80. The van der Waals surface area contributed by atoms with E-state index in [2.05, 4.69) is 32.3 Å². The van der Waals surface area contributed by atoms with Crippen molar-refractivity contribution in [2.24, 2.45) is 5.73 Å². The number of nitrogens with zero attached hydrogens (tertiary/aromatic N) is 1. The van der Waals surface area contributed by atoms with Crippen LogP contribution in [0.5, 0.6) is 5.75 Å². The van der Waals surface area contributed by atoms with Gasteiger partial charge >= 0.3 is 0 Å². The number of nitrogens with one attached hydrogen (secondary N) is 1. The second-order valence-corrected chi connectivity index (χ2v) is 8.47. The lowest BCUT2D eigenvalue weighted by molar-refractivity contribution is 0.0932. The van der Waals surface area contributed by atoms with Crippen LogP contribution in [0.2, 0.25) is 0 Å². The van der Waals surface area contributed by atoms with Crippen LogP contribution in [-0.4, -0.2) is 22.8 Å². The molecular weight excluding hydrogens is 458 g/mol. The van der Waals surface area contributed by atoms with E-state index in [9.17, 15) is 9.59 Å². The normalized spacial score (nSPS) is 15.1. The summed E-state index contributed by atoms with van der Waals surface area (Å²) in [6.45, 7) is 0.310. The molecule has 3 N–H and O–H groups in total. The zero-order valence-corrected chi connectivity index (χ0v) is 18.4. The third-order valence-electron chi connectivity index (χ3n) is 5.31. The van der Waals surface area contributed by atoms with Crippen molar-refractivity contribution in [1.82, 2.24) is 10.3 Å². The van der Waals surface area contributed by atoms with Crippen molar-refractivity contribution in [3.8, 4) is 5.75 Å². The van der Waals surface area contributed by atoms with Gasteiger partial charge in [-0.3, -0.25) is 14.6 Å². The average Bonchev–Trinajstić information content (AvgIpc) is 2.77. The molecule has 4 rings (SSSR count). The number of rotatable bonds is 6. The van der Waals surface area contributed by atoms with Crippen molar-refractivity contribution in [3.05, 3.63) is 93.2 Å². The Morgan fingerprint density at radius 2 is 2.00 bits per heavy atom. The van der Waals surface area contributed by atoms with Gasteiger partial charge in [0.15, 0.2) is 0 Å². The van der Waals surface area contributed by atoms with Gasteiger partial charge in [0.2, 0.25) is 0 Å². The third kappa shape index (κ3) is 5.30. The molecule has 2 amide bonds. The van der Waals surface area contributed by atoms with Crippen molar-refractivity contribution in [2.75, 3.05) is 0 Å². The number of aryl methyl sites for hydroxylation is 1. The first-order chi connectivity index (χ1) is 15.0. The predicted molar refractivity (Wildman–Crippen MR) is 121 cm³/mol. The number of amides is 2. The Bertz CT molecular complexity index is 1130. The summed E-state index contributed by atoms with van der Waals surface area (Å²) in [5.41, 5.74) is 9.42. The highest BCUT2D eigenvalue weighted by Gasteiger charge is 2.21. The molecule has 6 nitrogen and oxygen atoms in total. The summed E-state index contributed by atoms with van der Waals surface area (Å²) in [7, 11) is 0. The van der Waals surface area contributed by atoms with Crippen molar-refractivity contribution < 1.29 is 14.3 Å². The minimum atomic E-state index is -0.563. The van der Waals surface area contributed by atoms with Crippen LogP contribution in [0.3, 0.4) is 0 Å². The van der Waals surface area contributed by atoms with Gasteiger partial charge in [-0.1, -0.05) is 28.1 Å². The van der Waals surface area contributed by atoms with E-state index < -0.39 is 5.91 Å². The molecule has 0 bridgehead atoms. The van der Waals surface area contributed by atoms with E-state index in [-0.39, 0.29) is 17.6 Å². The van der Waals surface area contributed by atoms with E-state index in [0.717, 1.165) is 35.0 Å². The molecule has 7 heteroatoms. The number of primary amides is 1. The molecule has 0 fully saturated rings. The fraction of sp³-hybridized carbons (Fsp3) is 0.208. The Morgan fingerprint density at radius 1 is 1.13 bits per heavy atom. The van der Waals surface area contributed by atoms with Crippen LogP contribution in [0.1, 0.15) is 44.0 Å². The molecule has 158 valence electrons. The number of aromatic nitrogens is 1. The lowest BCUT2D eigenvalue weighted by atomic mass is 9.88. The molecule has 0 aliphatic heterocycles. The summed E-state index contributed by atoms with van der Waals surface area (Å²) in [5.74, 6) is 0.117. The molecule has 1 unspecified atom stereocenters. The van der Waals surface area contributed by atoms with Crippen LogP contribution in [0.4, 0.5) is 0 Å². The predicted octanol–water partition coefficient (Wildman–Crippen LogP) is 3.81. The van der Waals surface area contributed by atoms with E-state index in [4.69, 9.17) is 10.5 Å². The maximum Gasteiger partial charge on any atom is 0.267 e. The SMILES string of the molecule is NC(=O)c1cc(COc2ccc3c(c2)CC(NC(=O)c2cccc(Br)c2)CC3)ccn1. The van der Waals surface area contributed by atoms with Gasteiger partial charge in [-0.25, -0.2) is 0 Å². The maximum absolute atomic E-state index is 12.6. The number of hydrogen-bond acceptors (Lipinski definition) is 4. The number of nitrogens with two attached hydrogens (primary N) is 1. The van der Waals surface area contributed by atoms with Gasteiger partial charge in [0.25, 0.3) is 11.8 Å². The number of ether oxygens (including phenoxy) is 1. The first-order valence-electron chi connectivity index (χ1n) is 10.0. The lowest BCUT2D eigenvalue weighted by Gasteiger charge is -2.26. The number of carbonyl (C=O) groups is 2. The Kier molecular flexibility index (Phi) is 6.32. The second-order valence-electron chi connectivity index (χ2n) is 7.56. The minimum absolute atomic E-state index is 0.0647. The number of fused-ring (bicyclic) bond motifs is 1. The topological polar surface area (TPSA) is 94.3 Å². The number of carbonyl (C=O) groups excluding carboxylic acids is 2. The Balaban J connectivity index is 1.40. The fourth-order valence-corrected chi connectivity index (χ4v) is 4.11. The molecule has 0 saturated carbocycles. The molecule has 3 aromatic rings. The van der Waals surface area contributed by atoms with Gasteiger partial charge in [0, 0.05) is 22.3 Å². The molecule has 1 aliphatic carbocycles. The molecular formula is C24H22BrN3O3. The van der Waals surface area contributed by atoms with Gasteiger partial charge in [0.05, 0.1) is 0 Å². The highest BCUT2D eigenvalue weighted by molar-refractivity contribution is 9.10. The van der Waals surface area contributed by atoms with E-state index >= 15 is 0 Å². The summed E-state index contributed by atoms with van der Waals surface area (Å²) in [4.78, 5) is 27.8. The Morgan fingerprint density at radius 3 is 2.81 bits per heavy atom. The molecule has 2 aromatic carbocycles. The van der Waals surface area contributed by atoms with Crippen LogP contribution < -0.4 is 15.8 Å². The lowest BCUT2D eigenvalue weighted by Crippen LogP contribution is -2.38. The summed E-state index contributed by atoms with van der Waals surface area (Å²) in [6, 6.07) is 17.0. The van der Waals surface area contributed by atoms with Crippen LogP contribution in [0.15, 0.2) is 65.3 Å². The number of halogens is 1. The molecule has 1 atom stereocenters. The number of hydrogen-bond donors (Lipinski definition) is 2. The van der Waals surface area contributed by atoms with Crippen LogP contribution >= 0.6 is 15.9 Å². The van der Waals surface area contributed by atoms with Gasteiger partial charge in [0.1, 0.15) is 18.1 Å². The fourth-order valence-electron chi connectivity index (χ4n) is 3.71. The molecule has 0 saturated heterocycles. The monoisotopic (exact) mass is 479 g/mol. The molecule has 1 aromatic heterocycles. The molecule has 0 spiro atoms. The average molecular weight is 480 g/mol. The van der Waals surface area contributed by atoms with Gasteiger partial charge in [-0.15, -0.1) is 0 Å². The summed E-state index contributed by atoms with van der Waals surface area (Å²) in [6.07, 6.45) is 4.11. The largest absolute Gasteiger partial charge is 0.489 e. The minimum Gasteiger partial charge on any atom is -0.489 e. The van der Waals surface area contributed by atoms with Gasteiger partial charge in [-0.2, -0.15) is 0 Å². The van der Waals surface area contributed by atoms with Crippen molar-refractivity contribution in [2.45, 2.75) is 31.9 Å². The molecule has 1 heterocycles. The van der Waals surface area contributed by atoms with E-state index in [1.165, 1.54) is 11.1 Å². The van der Waals surface area contributed by atoms with Crippen LogP contribution in [0, 0.1) is 0 Å². The van der Waals surface area contributed by atoms with E-state index in [1.807, 2.05) is 36.4 Å². The first-order valence-corrected chi connectivity index (χ1v) is 10.8. The van der Waals surface area contributed by atoms with Crippen LogP contribution in [-0.2, 0) is 19.4 Å². The van der Waals surface area contributed by atoms with E-state index in [0.29, 0.717) is 12.2 Å². The smallest absolute Gasteiger partial charge is 0.267 e. The number of pyridine rings is 1. The summed E-state index contributed by atoms with van der Waals surface area (Å²) in [5, 5.41) is 3.15. The first kappa shape index (κ1) is 21.1. The molecule has 1 aliphatic rings. The van der Waals surface area contributed by atoms with Gasteiger partial charge in [-0.05, 0) is 78.4 Å². The Labute approximate surface area is 189 Å². The van der Waals surface area contributed by atoms with Crippen molar-refractivity contribution in [3.63, 3.8) is 0 Å². The second kappa shape index (κ2) is 9.31. The maximum atomic E-state index is 12.6. The van der Waals surface area contributed by atoms with Gasteiger partial charge < -0.3 is 15.8 Å². The zero-order valence-electron chi connectivity index (χ0n) is 16.8. The van der Waals surface area contributed by atoms with E-state index in [1.54, 1.807) is 18.3 Å². The quantitative estimate of drug-likeness (QED) is 0.561. The highest BCUT2D eigenvalue weighted by Crippen LogP contribution is 2.26. The summed E-state index contributed by atoms with van der Waals surface area (Å²) >= 11 is 3.41. The Hall–Kier alpha value is -3.19. The van der Waals surface area contributed by atoms with Crippen molar-refractivity contribution >= 4 is 27.7 Å². The molecule has 31 heavy (non-hydrogen) atoms. The van der Waals surface area contributed by atoms with Crippen LogP contribution in [0.25, 0.3) is 0 Å². The standard InChI is InChI=1S/C24H22BrN3O3/c25-19-3-1-2-17(11-19)24(30)28-20-6-4-16-5-7-21(13-18(16)12-20)31-14-15-8-9-27-22(10-15)23(26)29/h1-3,5,7-11,13,20H,4,6,12,14H2,(H2,26,29)(H,28,30). The number of benzene rings is 2. The van der Waals surface area contributed by atoms with Crippen molar-refractivity contribution in [1.29, 1.82) is 0 Å². The zero-order chi connectivity index (χ0) is 21.8.